The van der Waals surface area contributed by atoms with Gasteiger partial charge in [0.05, 0.1) is 5.69 Å². The minimum atomic E-state index is -0.493. The maximum atomic E-state index is 13.0. The van der Waals surface area contributed by atoms with Crippen LogP contribution in [0.3, 0.4) is 0 Å². The van der Waals surface area contributed by atoms with Crippen molar-refractivity contribution >= 4 is 73.9 Å². The van der Waals surface area contributed by atoms with Crippen LogP contribution in [0, 0.1) is 6.92 Å². The number of fused-ring (bicyclic) bond motifs is 1. The molecule has 4 nitrogen and oxygen atoms in total. The molecular formula is C20H13ClN2O2S2. The summed E-state index contributed by atoms with van der Waals surface area (Å²) in [6, 6.07) is 14.7. The fraction of sp³-hybridized carbons (Fsp3) is 0.0500. The molecule has 0 bridgehead atoms. The Bertz CT molecular complexity index is 1130. The molecule has 1 aromatic heterocycles. The molecule has 2 aromatic carbocycles. The Morgan fingerprint density at radius 3 is 2.52 bits per heavy atom. The highest BCUT2D eigenvalue weighted by Crippen LogP contribution is 2.33. The number of carbonyl (C=O) groups is 2. The lowest BCUT2D eigenvalue weighted by Gasteiger charge is -2.28. The summed E-state index contributed by atoms with van der Waals surface area (Å²) in [5.74, 6) is -0.949. The maximum Gasteiger partial charge on any atom is 0.270 e. The van der Waals surface area contributed by atoms with Crippen LogP contribution in [0.2, 0.25) is 5.02 Å². The Kier molecular flexibility index (Phi) is 4.55. The van der Waals surface area contributed by atoms with Gasteiger partial charge in [-0.15, -0.1) is 11.3 Å². The van der Waals surface area contributed by atoms with Crippen LogP contribution in [0.25, 0.3) is 16.2 Å². The van der Waals surface area contributed by atoms with Gasteiger partial charge in [0.2, 0.25) is 0 Å². The van der Waals surface area contributed by atoms with E-state index >= 15 is 0 Å². The zero-order valence-corrected chi connectivity index (χ0v) is 16.5. The number of rotatable bonds is 2. The first kappa shape index (κ1) is 17.9. The van der Waals surface area contributed by atoms with E-state index in [0.717, 1.165) is 20.5 Å². The minimum absolute atomic E-state index is 0.0493. The van der Waals surface area contributed by atoms with Gasteiger partial charge in [0, 0.05) is 14.6 Å². The lowest BCUT2D eigenvalue weighted by Crippen LogP contribution is -2.54. The number of aryl methyl sites for hydroxylation is 1. The number of hydrogen-bond donors (Lipinski definition) is 1. The fourth-order valence-electron chi connectivity index (χ4n) is 2.94. The van der Waals surface area contributed by atoms with E-state index < -0.39 is 11.8 Å². The quantitative estimate of drug-likeness (QED) is 0.377. The number of nitrogens with one attached hydrogen (secondary N) is 1. The SMILES string of the molecule is Cc1c(/C=C2\C(=O)NC(=S)N(c3ccc(Cl)cc3)C2=O)sc2ccccc12. The van der Waals surface area contributed by atoms with Gasteiger partial charge in [-0.2, -0.15) is 0 Å². The molecule has 27 heavy (non-hydrogen) atoms. The van der Waals surface area contributed by atoms with Crippen LogP contribution in [0.15, 0.2) is 54.1 Å². The molecule has 1 saturated heterocycles. The van der Waals surface area contributed by atoms with Gasteiger partial charge in [-0.3, -0.25) is 19.8 Å². The van der Waals surface area contributed by atoms with E-state index in [9.17, 15) is 9.59 Å². The van der Waals surface area contributed by atoms with Crippen molar-refractivity contribution in [2.24, 2.45) is 0 Å². The van der Waals surface area contributed by atoms with E-state index in [0.29, 0.717) is 10.7 Å². The number of nitrogens with zero attached hydrogens (tertiary/aromatic N) is 1. The summed E-state index contributed by atoms with van der Waals surface area (Å²) in [5, 5.41) is 4.32. The van der Waals surface area contributed by atoms with Crippen LogP contribution in [0.5, 0.6) is 0 Å². The van der Waals surface area contributed by atoms with Gasteiger partial charge in [-0.25, -0.2) is 0 Å². The van der Waals surface area contributed by atoms with Crippen molar-refractivity contribution in [2.45, 2.75) is 6.92 Å². The molecule has 7 heteroatoms. The third-order valence-corrected chi connectivity index (χ3v) is 6.10. The van der Waals surface area contributed by atoms with E-state index in [4.69, 9.17) is 23.8 Å². The first-order valence-electron chi connectivity index (χ1n) is 8.11. The molecule has 1 N–H and O–H groups in total. The first-order valence-corrected chi connectivity index (χ1v) is 9.71. The number of carbonyl (C=O) groups excluding carboxylic acids is 2. The number of benzene rings is 2. The van der Waals surface area contributed by atoms with E-state index in [1.165, 1.54) is 4.90 Å². The fourth-order valence-corrected chi connectivity index (χ4v) is 4.51. The summed E-state index contributed by atoms with van der Waals surface area (Å²) in [5.41, 5.74) is 1.64. The summed E-state index contributed by atoms with van der Waals surface area (Å²) >= 11 is 12.7. The third kappa shape index (κ3) is 3.16. The highest BCUT2D eigenvalue weighted by Gasteiger charge is 2.34. The Morgan fingerprint density at radius 1 is 1.11 bits per heavy atom. The van der Waals surface area contributed by atoms with Crippen molar-refractivity contribution in [2.75, 3.05) is 4.90 Å². The van der Waals surface area contributed by atoms with E-state index in [-0.39, 0.29) is 10.7 Å². The molecule has 134 valence electrons. The monoisotopic (exact) mass is 412 g/mol. The second-order valence-corrected chi connectivity index (χ2v) is 7.93. The van der Waals surface area contributed by atoms with Crippen LogP contribution in [0.1, 0.15) is 10.4 Å². The Labute approximate surface area is 170 Å². The lowest BCUT2D eigenvalue weighted by atomic mass is 10.1. The van der Waals surface area contributed by atoms with Gasteiger partial charge < -0.3 is 0 Å². The van der Waals surface area contributed by atoms with Gasteiger partial charge >= 0.3 is 0 Å². The number of hydrogen-bond acceptors (Lipinski definition) is 4. The van der Waals surface area contributed by atoms with E-state index in [1.807, 2.05) is 31.2 Å². The van der Waals surface area contributed by atoms with Gasteiger partial charge in [-0.05, 0) is 66.5 Å². The highest BCUT2D eigenvalue weighted by molar-refractivity contribution is 7.80. The third-order valence-electron chi connectivity index (χ3n) is 4.34. The molecule has 0 spiro atoms. The summed E-state index contributed by atoms with van der Waals surface area (Å²) in [6.07, 6.45) is 1.64. The molecule has 4 rings (SSSR count). The molecule has 3 aromatic rings. The normalized spacial score (nSPS) is 16.3. The smallest absolute Gasteiger partial charge is 0.270 e. The van der Waals surface area contributed by atoms with Crippen LogP contribution in [0.4, 0.5) is 5.69 Å². The van der Waals surface area contributed by atoms with Crippen LogP contribution >= 0.6 is 35.2 Å². The Hall–Kier alpha value is -2.54. The Balaban J connectivity index is 1.78. The molecule has 0 aliphatic carbocycles. The summed E-state index contributed by atoms with van der Waals surface area (Å²) in [7, 11) is 0. The molecule has 0 unspecified atom stereocenters. The molecule has 0 saturated carbocycles. The van der Waals surface area contributed by atoms with E-state index in [2.05, 4.69) is 5.32 Å². The molecular weight excluding hydrogens is 400 g/mol. The van der Waals surface area contributed by atoms with Crippen molar-refractivity contribution in [1.82, 2.24) is 5.32 Å². The van der Waals surface area contributed by atoms with Gasteiger partial charge in [-0.1, -0.05) is 29.8 Å². The summed E-state index contributed by atoms with van der Waals surface area (Å²) in [6.45, 7) is 1.98. The van der Waals surface area contributed by atoms with Crippen molar-refractivity contribution in [3.8, 4) is 0 Å². The molecule has 1 aliphatic heterocycles. The van der Waals surface area contributed by atoms with Crippen LogP contribution in [-0.4, -0.2) is 16.9 Å². The largest absolute Gasteiger partial charge is 0.298 e. The minimum Gasteiger partial charge on any atom is -0.298 e. The molecule has 1 fully saturated rings. The van der Waals surface area contributed by atoms with Gasteiger partial charge in [0.15, 0.2) is 5.11 Å². The second-order valence-electron chi connectivity index (χ2n) is 6.02. The average Bonchev–Trinajstić information content (AvgIpc) is 2.96. The van der Waals surface area contributed by atoms with Crippen LogP contribution < -0.4 is 10.2 Å². The Morgan fingerprint density at radius 2 is 1.81 bits per heavy atom. The average molecular weight is 413 g/mol. The number of anilines is 1. The molecule has 1 aliphatic rings. The lowest BCUT2D eigenvalue weighted by molar-refractivity contribution is -0.122. The molecule has 0 atom stereocenters. The number of amides is 2. The maximum absolute atomic E-state index is 13.0. The number of halogens is 1. The van der Waals surface area contributed by atoms with Gasteiger partial charge in [0.1, 0.15) is 5.57 Å². The van der Waals surface area contributed by atoms with Crippen LogP contribution in [-0.2, 0) is 9.59 Å². The zero-order valence-electron chi connectivity index (χ0n) is 14.2. The van der Waals surface area contributed by atoms with Crippen molar-refractivity contribution < 1.29 is 9.59 Å². The molecule has 2 amide bonds. The summed E-state index contributed by atoms with van der Waals surface area (Å²) < 4.78 is 1.11. The first-order chi connectivity index (χ1) is 13.0. The predicted octanol–water partition coefficient (Wildman–Crippen LogP) is 4.69. The summed E-state index contributed by atoms with van der Waals surface area (Å²) in [4.78, 5) is 27.7. The topological polar surface area (TPSA) is 49.4 Å². The van der Waals surface area contributed by atoms with Crippen molar-refractivity contribution in [1.29, 1.82) is 0 Å². The molecule has 0 radical (unpaired) electrons. The second kappa shape index (κ2) is 6.88. The number of thiocarbonyl (C=S) groups is 1. The highest BCUT2D eigenvalue weighted by atomic mass is 35.5. The number of thiophene rings is 1. The zero-order chi connectivity index (χ0) is 19.1. The molecule has 2 heterocycles. The van der Waals surface area contributed by atoms with Crippen molar-refractivity contribution in [3.63, 3.8) is 0 Å². The van der Waals surface area contributed by atoms with Crippen molar-refractivity contribution in [3.05, 3.63) is 69.6 Å². The van der Waals surface area contributed by atoms with Gasteiger partial charge in [0.25, 0.3) is 11.8 Å². The standard InChI is InChI=1S/C20H13ClN2O2S2/c1-11-14-4-2-3-5-16(14)27-17(11)10-15-18(24)22-20(26)23(19(15)25)13-8-6-12(21)7-9-13/h2-10H,1H3,(H,22,24,26)/b15-10+. The predicted molar refractivity (Wildman–Crippen MR) is 114 cm³/mol. The van der Waals surface area contributed by atoms with E-state index in [1.54, 1.807) is 41.7 Å².